The van der Waals surface area contributed by atoms with Crippen molar-refractivity contribution in [1.29, 1.82) is 0 Å². The Bertz CT molecular complexity index is 3140. The molecule has 4 aliphatic carbocycles. The Balaban J connectivity index is 1.21. The molecule has 3 nitrogen and oxygen atoms in total. The van der Waals surface area contributed by atoms with Crippen LogP contribution in [0.4, 0.5) is 34.1 Å². The van der Waals surface area contributed by atoms with Crippen LogP contribution in [-0.2, 0) is 43.3 Å². The summed E-state index contributed by atoms with van der Waals surface area (Å²) in [4.78, 5) is 5.34. The lowest BCUT2D eigenvalue weighted by Gasteiger charge is -2.46. The molecule has 346 valence electrons. The van der Waals surface area contributed by atoms with E-state index in [1.807, 2.05) is 0 Å². The summed E-state index contributed by atoms with van der Waals surface area (Å²) >= 11 is 0. The van der Waals surface area contributed by atoms with Crippen molar-refractivity contribution in [3.8, 4) is 0 Å². The molecule has 4 heteroatoms. The van der Waals surface area contributed by atoms with Gasteiger partial charge in [0.2, 0.25) is 0 Å². The van der Waals surface area contributed by atoms with Gasteiger partial charge in [-0.25, -0.2) is 0 Å². The Kier molecular flexibility index (Phi) is 8.54. The summed E-state index contributed by atoms with van der Waals surface area (Å²) < 4.78 is 7.67. The van der Waals surface area contributed by atoms with Crippen molar-refractivity contribution >= 4 is 68.4 Å². The van der Waals surface area contributed by atoms with Crippen molar-refractivity contribution < 1.29 is 4.42 Å². The van der Waals surface area contributed by atoms with Gasteiger partial charge in [-0.15, -0.1) is 0 Å². The summed E-state index contributed by atoms with van der Waals surface area (Å²) in [5.41, 5.74) is 24.7. The van der Waals surface area contributed by atoms with Crippen LogP contribution in [0, 0.1) is 0 Å². The number of rotatable bonds is 2. The highest BCUT2D eigenvalue weighted by Gasteiger charge is 2.54. The number of benzene rings is 5. The second-order valence-electron chi connectivity index (χ2n) is 27.8. The fraction of sp³-hybridized carbons (Fsp3) is 0.492. The molecule has 2 atom stereocenters. The number of hydrogen-bond donors (Lipinski definition) is 0. The minimum Gasteiger partial charge on any atom is -0.468 e. The smallest absolute Gasteiger partial charge is 0.297 e. The normalized spacial score (nSPS) is 24.5. The van der Waals surface area contributed by atoms with E-state index in [9.17, 15) is 0 Å². The molecule has 67 heavy (non-hydrogen) atoms. The first-order valence-electron chi connectivity index (χ1n) is 26.0. The first kappa shape index (κ1) is 43.6. The van der Waals surface area contributed by atoms with Gasteiger partial charge in [0.1, 0.15) is 5.58 Å². The zero-order chi connectivity index (χ0) is 47.6. The van der Waals surface area contributed by atoms with Gasteiger partial charge in [-0.05, 0) is 198 Å². The molecule has 1 fully saturated rings. The third-order valence-electron chi connectivity index (χ3n) is 19.0. The van der Waals surface area contributed by atoms with Crippen molar-refractivity contribution in [3.63, 3.8) is 0 Å². The quantitative estimate of drug-likeness (QED) is 0.161. The molecule has 0 saturated heterocycles. The van der Waals surface area contributed by atoms with E-state index in [1.165, 1.54) is 134 Å². The molecule has 6 aromatic rings. The molecule has 2 aliphatic heterocycles. The van der Waals surface area contributed by atoms with Crippen molar-refractivity contribution in [3.05, 3.63) is 123 Å². The van der Waals surface area contributed by atoms with Gasteiger partial charge in [-0.1, -0.05) is 135 Å². The molecule has 5 aromatic carbocycles. The Morgan fingerprint density at radius 1 is 0.463 bits per heavy atom. The van der Waals surface area contributed by atoms with Crippen molar-refractivity contribution in [1.82, 2.24) is 0 Å². The predicted molar refractivity (Wildman–Crippen MR) is 287 cm³/mol. The molecule has 0 amide bonds. The monoisotopic (exact) mass is 887 g/mol. The summed E-state index contributed by atoms with van der Waals surface area (Å²) in [5, 5.41) is 1.26. The Labute approximate surface area is 403 Å². The van der Waals surface area contributed by atoms with Crippen LogP contribution < -0.4 is 26.4 Å². The van der Waals surface area contributed by atoms with E-state index < -0.39 is 0 Å². The van der Waals surface area contributed by atoms with Crippen LogP contribution in [0.5, 0.6) is 0 Å². The molecule has 6 aliphatic rings. The van der Waals surface area contributed by atoms with E-state index in [0.717, 1.165) is 11.2 Å². The molecule has 12 rings (SSSR count). The minimum absolute atomic E-state index is 0.0351. The standard InChI is InChI=1S/C63H75BN2O/c1-56(2,3)37-17-22-49-48(29-37)64-53-50(65(49)39-18-20-42-44(32-39)60(11,12)25-23-58(42,7)8)30-38(57(4,5)6)31-51(53)66(40-19-21-43-45(33-40)61(13,14)26-24-59(43,9)10)54-41-34-46-47(35-52(41)67-55(54)64)63(16)28-27-62(46,15)36-63/h17-22,29-35H,23-28,36H2,1-16H3. The first-order valence-corrected chi connectivity index (χ1v) is 26.0. The molecular formula is C63H75BN2O. The van der Waals surface area contributed by atoms with Crippen LogP contribution in [0.15, 0.2) is 83.3 Å². The fourth-order valence-corrected chi connectivity index (χ4v) is 14.5. The molecule has 0 radical (unpaired) electrons. The van der Waals surface area contributed by atoms with Crippen LogP contribution in [-0.4, -0.2) is 6.71 Å². The third kappa shape index (κ3) is 6.02. The molecule has 0 spiro atoms. The summed E-state index contributed by atoms with van der Waals surface area (Å²) in [6.45, 7) is 38.9. The SMILES string of the molecule is CC(C)(C)c1ccc2c(c1)B1c3oc4cc5c(cc4c3N(c3ccc4c(c3)C(C)(C)CCC4(C)C)c3cc(C(C)(C)C)cc(c31)N2c1ccc2c(c1)C(C)(C)CCC2(C)C)C1(C)CCC5(C)C1. The van der Waals surface area contributed by atoms with Crippen LogP contribution in [0.1, 0.15) is 200 Å². The number of hydrogen-bond acceptors (Lipinski definition) is 3. The highest BCUT2D eigenvalue weighted by molar-refractivity contribution is 7.00. The molecule has 1 aromatic heterocycles. The van der Waals surface area contributed by atoms with Crippen LogP contribution in [0.25, 0.3) is 11.0 Å². The van der Waals surface area contributed by atoms with Crippen LogP contribution in [0.2, 0.25) is 0 Å². The molecule has 1 saturated carbocycles. The van der Waals surface area contributed by atoms with Gasteiger partial charge < -0.3 is 14.2 Å². The average molecular weight is 887 g/mol. The molecule has 3 heterocycles. The van der Waals surface area contributed by atoms with Gasteiger partial charge in [0, 0.05) is 33.8 Å². The lowest BCUT2D eigenvalue weighted by molar-refractivity contribution is 0.332. The van der Waals surface area contributed by atoms with E-state index in [2.05, 4.69) is 199 Å². The van der Waals surface area contributed by atoms with Gasteiger partial charge in [-0.2, -0.15) is 0 Å². The van der Waals surface area contributed by atoms with Crippen molar-refractivity contribution in [2.45, 2.75) is 199 Å². The Morgan fingerprint density at radius 2 is 0.955 bits per heavy atom. The highest BCUT2D eigenvalue weighted by Crippen LogP contribution is 2.62. The predicted octanol–water partition coefficient (Wildman–Crippen LogP) is 15.5. The zero-order valence-electron chi connectivity index (χ0n) is 43.8. The van der Waals surface area contributed by atoms with Gasteiger partial charge >= 0.3 is 0 Å². The maximum Gasteiger partial charge on any atom is 0.297 e. The maximum absolute atomic E-state index is 7.67. The van der Waals surface area contributed by atoms with Gasteiger partial charge in [-0.3, -0.25) is 0 Å². The maximum atomic E-state index is 7.67. The summed E-state index contributed by atoms with van der Waals surface area (Å²) in [7, 11) is 0. The number of fused-ring (bicyclic) bond motifs is 13. The average Bonchev–Trinajstić information content (AvgIpc) is 3.86. The van der Waals surface area contributed by atoms with E-state index in [-0.39, 0.29) is 50.0 Å². The van der Waals surface area contributed by atoms with Crippen molar-refractivity contribution in [2.75, 3.05) is 9.80 Å². The number of anilines is 6. The van der Waals surface area contributed by atoms with E-state index >= 15 is 0 Å². The van der Waals surface area contributed by atoms with Gasteiger partial charge in [0.05, 0.1) is 11.3 Å². The van der Waals surface area contributed by atoms with E-state index in [0.29, 0.717) is 0 Å². The van der Waals surface area contributed by atoms with Crippen LogP contribution in [0.3, 0.4) is 0 Å². The highest BCUT2D eigenvalue weighted by atomic mass is 16.3. The molecular weight excluding hydrogens is 812 g/mol. The third-order valence-corrected chi connectivity index (χ3v) is 19.0. The largest absolute Gasteiger partial charge is 0.468 e. The van der Waals surface area contributed by atoms with Gasteiger partial charge in [0.25, 0.3) is 6.71 Å². The molecule has 2 bridgehead atoms. The summed E-state index contributed by atoms with van der Waals surface area (Å²) in [6, 6.07) is 32.7. The molecule has 2 unspecified atom stereocenters. The topological polar surface area (TPSA) is 19.6 Å². The lowest BCUT2D eigenvalue weighted by atomic mass is 9.35. The van der Waals surface area contributed by atoms with Gasteiger partial charge in [0.15, 0.2) is 0 Å². The first-order chi connectivity index (χ1) is 31.1. The van der Waals surface area contributed by atoms with Crippen molar-refractivity contribution in [2.24, 2.45) is 0 Å². The summed E-state index contributed by atoms with van der Waals surface area (Å²) in [5.74, 6) is 0. The second kappa shape index (κ2) is 13.1. The lowest BCUT2D eigenvalue weighted by Crippen LogP contribution is -2.61. The minimum atomic E-state index is -0.110. The second-order valence-corrected chi connectivity index (χ2v) is 27.8. The van der Waals surface area contributed by atoms with Crippen LogP contribution >= 0.6 is 0 Å². The Hall–Kier alpha value is -4.70. The summed E-state index contributed by atoms with van der Waals surface area (Å²) in [6.07, 6.45) is 8.48. The van der Waals surface area contributed by atoms with E-state index in [4.69, 9.17) is 4.42 Å². The Morgan fingerprint density at radius 3 is 1.49 bits per heavy atom. The number of nitrogens with zero attached hydrogens (tertiary/aromatic N) is 2. The van der Waals surface area contributed by atoms with E-state index in [1.54, 1.807) is 5.56 Å². The zero-order valence-corrected chi connectivity index (χ0v) is 43.8. The molecule has 0 N–H and O–H groups in total. The fourth-order valence-electron chi connectivity index (χ4n) is 14.5. The number of furan rings is 1.